The molecule has 8 heteroatoms. The van der Waals surface area contributed by atoms with E-state index in [1.54, 1.807) is 18.2 Å². The molecular weight excluding hydrogens is 360 g/mol. The lowest BCUT2D eigenvalue weighted by Crippen LogP contribution is -2.54. The van der Waals surface area contributed by atoms with E-state index in [0.29, 0.717) is 23.4 Å². The Labute approximate surface area is 163 Å². The Hall–Kier alpha value is -2.74. The zero-order valence-corrected chi connectivity index (χ0v) is 15.7. The molecule has 1 atom stereocenters. The van der Waals surface area contributed by atoms with Crippen LogP contribution < -0.4 is 10.6 Å². The standard InChI is InChI=1S/C20H24N4O4/c25-16-8-7-15(18(26)22-16)24-19(27)13-5-4-6-14(17(13)20(24)28)21-9-12-23-10-2-1-3-11-23/h4-6,15,21H,1-3,7-12H2,(H,22,25,26). The van der Waals surface area contributed by atoms with Gasteiger partial charge in [0.05, 0.1) is 11.1 Å². The van der Waals surface area contributed by atoms with Crippen molar-refractivity contribution in [3.63, 3.8) is 0 Å². The number of amides is 4. The van der Waals surface area contributed by atoms with Crippen LogP contribution in [0.2, 0.25) is 0 Å². The maximum atomic E-state index is 13.0. The van der Waals surface area contributed by atoms with Crippen molar-refractivity contribution in [1.29, 1.82) is 0 Å². The summed E-state index contributed by atoms with van der Waals surface area (Å²) in [6.07, 6.45) is 3.99. The number of piperidine rings is 2. The van der Waals surface area contributed by atoms with Gasteiger partial charge in [-0.1, -0.05) is 12.5 Å². The SMILES string of the molecule is O=C1CCC(N2C(=O)c3cccc(NCCN4CCCCC4)c3C2=O)C(=O)N1. The van der Waals surface area contributed by atoms with Crippen LogP contribution in [0, 0.1) is 0 Å². The van der Waals surface area contributed by atoms with E-state index in [4.69, 9.17) is 0 Å². The van der Waals surface area contributed by atoms with Crippen LogP contribution in [0.25, 0.3) is 0 Å². The lowest BCUT2D eigenvalue weighted by atomic mass is 10.0. The summed E-state index contributed by atoms with van der Waals surface area (Å²) in [4.78, 5) is 52.8. The van der Waals surface area contributed by atoms with Gasteiger partial charge < -0.3 is 10.2 Å². The van der Waals surface area contributed by atoms with Crippen LogP contribution in [0.3, 0.4) is 0 Å². The van der Waals surface area contributed by atoms with Crippen molar-refractivity contribution in [3.05, 3.63) is 29.3 Å². The second kappa shape index (κ2) is 7.71. The van der Waals surface area contributed by atoms with Crippen LogP contribution in [0.15, 0.2) is 18.2 Å². The Bertz CT molecular complexity index is 831. The summed E-state index contributed by atoms with van der Waals surface area (Å²) in [7, 11) is 0. The summed E-state index contributed by atoms with van der Waals surface area (Å²) in [6.45, 7) is 3.74. The number of hydrogen-bond donors (Lipinski definition) is 2. The van der Waals surface area contributed by atoms with Crippen molar-refractivity contribution in [1.82, 2.24) is 15.1 Å². The topological polar surface area (TPSA) is 98.8 Å². The van der Waals surface area contributed by atoms with Crippen LogP contribution in [-0.4, -0.2) is 65.6 Å². The van der Waals surface area contributed by atoms with E-state index in [9.17, 15) is 19.2 Å². The summed E-state index contributed by atoms with van der Waals surface area (Å²) in [5.41, 5.74) is 1.23. The minimum Gasteiger partial charge on any atom is -0.383 e. The molecule has 0 aliphatic carbocycles. The average Bonchev–Trinajstić information content (AvgIpc) is 2.94. The predicted octanol–water partition coefficient (Wildman–Crippen LogP) is 0.986. The van der Waals surface area contributed by atoms with Gasteiger partial charge in [0.25, 0.3) is 11.8 Å². The fourth-order valence-corrected chi connectivity index (χ4v) is 4.19. The predicted molar refractivity (Wildman–Crippen MR) is 102 cm³/mol. The number of fused-ring (bicyclic) bond motifs is 1. The minimum absolute atomic E-state index is 0.116. The molecule has 28 heavy (non-hydrogen) atoms. The molecule has 3 aliphatic rings. The van der Waals surface area contributed by atoms with Gasteiger partial charge in [-0.2, -0.15) is 0 Å². The Kier molecular flexibility index (Phi) is 5.13. The molecule has 0 spiro atoms. The molecule has 2 N–H and O–H groups in total. The molecule has 148 valence electrons. The smallest absolute Gasteiger partial charge is 0.264 e. The van der Waals surface area contributed by atoms with E-state index in [-0.39, 0.29) is 18.7 Å². The highest BCUT2D eigenvalue weighted by Crippen LogP contribution is 2.32. The highest BCUT2D eigenvalue weighted by atomic mass is 16.2. The molecule has 2 saturated heterocycles. The number of imide groups is 2. The normalized spacial score (nSPS) is 23.0. The summed E-state index contributed by atoms with van der Waals surface area (Å²) >= 11 is 0. The van der Waals surface area contributed by atoms with Gasteiger partial charge in [-0.15, -0.1) is 0 Å². The van der Waals surface area contributed by atoms with Gasteiger partial charge in [0.1, 0.15) is 6.04 Å². The summed E-state index contributed by atoms with van der Waals surface area (Å²) in [5.74, 6) is -1.92. The maximum absolute atomic E-state index is 13.0. The number of nitrogens with zero attached hydrogens (tertiary/aromatic N) is 2. The number of hydrogen-bond acceptors (Lipinski definition) is 6. The largest absolute Gasteiger partial charge is 0.383 e. The molecule has 4 rings (SSSR count). The lowest BCUT2D eigenvalue weighted by Gasteiger charge is -2.28. The molecule has 3 heterocycles. The fraction of sp³-hybridized carbons (Fsp3) is 0.500. The van der Waals surface area contributed by atoms with Crippen LogP contribution in [0.4, 0.5) is 5.69 Å². The molecule has 0 aromatic heterocycles. The van der Waals surface area contributed by atoms with Gasteiger partial charge >= 0.3 is 0 Å². The van der Waals surface area contributed by atoms with E-state index in [2.05, 4.69) is 15.5 Å². The first-order valence-corrected chi connectivity index (χ1v) is 9.87. The van der Waals surface area contributed by atoms with E-state index < -0.39 is 23.8 Å². The van der Waals surface area contributed by atoms with Gasteiger partial charge in [0, 0.05) is 25.2 Å². The second-order valence-electron chi connectivity index (χ2n) is 7.50. The zero-order chi connectivity index (χ0) is 19.7. The highest BCUT2D eigenvalue weighted by molar-refractivity contribution is 6.25. The maximum Gasteiger partial charge on any atom is 0.264 e. The number of likely N-dealkylation sites (tertiary alicyclic amines) is 1. The van der Waals surface area contributed by atoms with Crippen molar-refractivity contribution >= 4 is 29.3 Å². The van der Waals surface area contributed by atoms with Crippen molar-refractivity contribution in [2.75, 3.05) is 31.5 Å². The first-order valence-electron chi connectivity index (χ1n) is 9.87. The first kappa shape index (κ1) is 18.6. The summed E-state index contributed by atoms with van der Waals surface area (Å²) < 4.78 is 0. The number of benzene rings is 1. The third kappa shape index (κ3) is 3.40. The molecular formula is C20H24N4O4. The first-order chi connectivity index (χ1) is 13.6. The molecule has 0 radical (unpaired) electrons. The van der Waals surface area contributed by atoms with E-state index in [1.165, 1.54) is 19.3 Å². The second-order valence-corrected chi connectivity index (χ2v) is 7.50. The van der Waals surface area contributed by atoms with Crippen molar-refractivity contribution < 1.29 is 19.2 Å². The van der Waals surface area contributed by atoms with Crippen LogP contribution in [0.5, 0.6) is 0 Å². The van der Waals surface area contributed by atoms with Gasteiger partial charge in [0.15, 0.2) is 0 Å². The van der Waals surface area contributed by atoms with Crippen molar-refractivity contribution in [3.8, 4) is 0 Å². The third-order valence-corrected chi connectivity index (χ3v) is 5.66. The van der Waals surface area contributed by atoms with E-state index in [1.807, 2.05) is 0 Å². The van der Waals surface area contributed by atoms with Crippen LogP contribution in [0.1, 0.15) is 52.8 Å². The van der Waals surface area contributed by atoms with Crippen molar-refractivity contribution in [2.24, 2.45) is 0 Å². The van der Waals surface area contributed by atoms with E-state index >= 15 is 0 Å². The molecule has 1 aromatic rings. The number of carbonyl (C=O) groups is 4. The van der Waals surface area contributed by atoms with Gasteiger partial charge in [-0.05, 0) is 44.5 Å². The molecule has 1 unspecified atom stereocenters. The Morgan fingerprint density at radius 1 is 1.04 bits per heavy atom. The molecule has 0 saturated carbocycles. The quantitative estimate of drug-likeness (QED) is 0.735. The zero-order valence-electron chi connectivity index (χ0n) is 15.7. The Morgan fingerprint density at radius 3 is 2.57 bits per heavy atom. The number of rotatable bonds is 5. The highest BCUT2D eigenvalue weighted by Gasteiger charge is 2.45. The van der Waals surface area contributed by atoms with Crippen molar-refractivity contribution in [2.45, 2.75) is 38.1 Å². The fourth-order valence-electron chi connectivity index (χ4n) is 4.19. The number of anilines is 1. The lowest BCUT2D eigenvalue weighted by molar-refractivity contribution is -0.136. The Morgan fingerprint density at radius 2 is 1.82 bits per heavy atom. The van der Waals surface area contributed by atoms with Crippen LogP contribution >= 0.6 is 0 Å². The van der Waals surface area contributed by atoms with Gasteiger partial charge in [0.2, 0.25) is 11.8 Å². The minimum atomic E-state index is -0.939. The van der Waals surface area contributed by atoms with Gasteiger partial charge in [-0.25, -0.2) is 0 Å². The summed E-state index contributed by atoms with van der Waals surface area (Å²) in [5, 5.41) is 5.50. The summed E-state index contributed by atoms with van der Waals surface area (Å²) in [6, 6.07) is 4.19. The molecule has 0 bridgehead atoms. The monoisotopic (exact) mass is 384 g/mol. The Balaban J connectivity index is 1.49. The average molecular weight is 384 g/mol. The number of carbonyl (C=O) groups excluding carboxylic acids is 4. The van der Waals surface area contributed by atoms with E-state index in [0.717, 1.165) is 24.5 Å². The molecule has 3 aliphatic heterocycles. The molecule has 4 amide bonds. The molecule has 1 aromatic carbocycles. The third-order valence-electron chi connectivity index (χ3n) is 5.66. The molecule has 8 nitrogen and oxygen atoms in total. The molecule has 2 fully saturated rings. The van der Waals surface area contributed by atoms with Crippen LogP contribution in [-0.2, 0) is 9.59 Å². The number of nitrogens with one attached hydrogen (secondary N) is 2. The van der Waals surface area contributed by atoms with Gasteiger partial charge in [-0.3, -0.25) is 29.4 Å².